The Morgan fingerprint density at radius 2 is 2.25 bits per heavy atom. The Balaban J connectivity index is 0.00000128. The van der Waals surface area contributed by atoms with Crippen molar-refractivity contribution in [2.24, 2.45) is 5.73 Å². The Labute approximate surface area is 107 Å². The second-order valence-electron chi connectivity index (χ2n) is 4.50. The maximum absolute atomic E-state index is 5.88. The maximum Gasteiger partial charge on any atom is 0.0798 e. The summed E-state index contributed by atoms with van der Waals surface area (Å²) in [6.07, 6.45) is 3.82. The van der Waals surface area contributed by atoms with Gasteiger partial charge in [0.25, 0.3) is 0 Å². The molecule has 0 unspecified atom stereocenters. The van der Waals surface area contributed by atoms with E-state index in [0.717, 1.165) is 13.1 Å². The highest BCUT2D eigenvalue weighted by atomic mass is 35.5. The third kappa shape index (κ3) is 2.40. The van der Waals surface area contributed by atoms with Crippen LogP contribution in [0.4, 0.5) is 0 Å². The average Bonchev–Trinajstić information content (AvgIpc) is 2.51. The number of likely N-dealkylation sites (N-methyl/N-ethyl adjacent to an activating group) is 1. The van der Waals surface area contributed by atoms with Crippen LogP contribution in [0.25, 0.3) is 0 Å². The van der Waals surface area contributed by atoms with Crippen molar-refractivity contribution in [1.29, 1.82) is 0 Å². The zero-order valence-electron chi connectivity index (χ0n) is 9.90. The fraction of sp³-hybridized carbons (Fsp3) is 0.727. The highest BCUT2D eigenvalue weighted by Gasteiger charge is 2.39. The summed E-state index contributed by atoms with van der Waals surface area (Å²) in [5.41, 5.74) is 9.25. The molecule has 1 aromatic heterocycles. The number of aromatic nitrogens is 1. The van der Waals surface area contributed by atoms with Crippen LogP contribution < -0.4 is 5.73 Å². The fourth-order valence-electron chi connectivity index (χ4n) is 2.19. The van der Waals surface area contributed by atoms with E-state index in [2.05, 4.69) is 23.9 Å². The van der Waals surface area contributed by atoms with Gasteiger partial charge in [-0.05, 0) is 33.2 Å². The molecule has 0 bridgehead atoms. The van der Waals surface area contributed by atoms with Gasteiger partial charge in [-0.1, -0.05) is 0 Å². The number of hydrogen-bond donors (Lipinski definition) is 1. The lowest BCUT2D eigenvalue weighted by atomic mass is 9.75. The Kier molecular flexibility index (Phi) is 4.73. The van der Waals surface area contributed by atoms with Gasteiger partial charge in [-0.25, -0.2) is 4.98 Å². The number of nitrogens with zero attached hydrogens (tertiary/aromatic N) is 2. The summed E-state index contributed by atoms with van der Waals surface area (Å²) in [5.74, 6) is 0. The number of nitrogens with two attached hydrogens (primary N) is 1. The molecule has 1 saturated carbocycles. The molecular formula is C11H20ClN3S. The van der Waals surface area contributed by atoms with Gasteiger partial charge in [0.2, 0.25) is 0 Å². The molecule has 1 aromatic rings. The molecule has 0 atom stereocenters. The summed E-state index contributed by atoms with van der Waals surface area (Å²) in [7, 11) is 2.19. The average molecular weight is 262 g/mol. The van der Waals surface area contributed by atoms with Crippen molar-refractivity contribution >= 4 is 23.7 Å². The highest BCUT2D eigenvalue weighted by molar-refractivity contribution is 7.09. The molecule has 0 radical (unpaired) electrons. The normalized spacial score (nSPS) is 18.0. The molecule has 0 amide bonds. The van der Waals surface area contributed by atoms with Crippen LogP contribution in [0.5, 0.6) is 0 Å². The van der Waals surface area contributed by atoms with E-state index in [-0.39, 0.29) is 17.9 Å². The lowest BCUT2D eigenvalue weighted by Crippen LogP contribution is -2.56. The summed E-state index contributed by atoms with van der Waals surface area (Å²) in [6.45, 7) is 3.85. The zero-order chi connectivity index (χ0) is 10.9. The molecule has 1 fully saturated rings. The minimum Gasteiger partial charge on any atom is -0.329 e. The third-order valence-corrected chi connectivity index (χ3v) is 4.62. The van der Waals surface area contributed by atoms with Crippen LogP contribution in [0, 0.1) is 6.92 Å². The minimum absolute atomic E-state index is 0. The molecule has 1 aliphatic carbocycles. The number of rotatable bonds is 4. The van der Waals surface area contributed by atoms with Crippen molar-refractivity contribution < 1.29 is 0 Å². The molecule has 0 aromatic carbocycles. The monoisotopic (exact) mass is 261 g/mol. The molecule has 1 heterocycles. The van der Waals surface area contributed by atoms with E-state index in [9.17, 15) is 0 Å². The highest BCUT2D eigenvalue weighted by Crippen LogP contribution is 2.37. The van der Waals surface area contributed by atoms with Gasteiger partial charge in [0.15, 0.2) is 0 Å². The van der Waals surface area contributed by atoms with Gasteiger partial charge in [-0.3, -0.25) is 4.90 Å². The summed E-state index contributed by atoms with van der Waals surface area (Å²) < 4.78 is 0. The Morgan fingerprint density at radius 1 is 1.56 bits per heavy atom. The molecule has 0 aliphatic heterocycles. The van der Waals surface area contributed by atoms with Crippen molar-refractivity contribution in [2.45, 2.75) is 38.3 Å². The van der Waals surface area contributed by atoms with Crippen LogP contribution in [0.3, 0.4) is 0 Å². The van der Waals surface area contributed by atoms with E-state index in [4.69, 9.17) is 5.73 Å². The first-order chi connectivity index (χ1) is 7.18. The molecule has 92 valence electrons. The summed E-state index contributed by atoms with van der Waals surface area (Å²) in [5, 5.41) is 0. The summed E-state index contributed by atoms with van der Waals surface area (Å²) in [6, 6.07) is 0. The van der Waals surface area contributed by atoms with Crippen molar-refractivity contribution in [1.82, 2.24) is 9.88 Å². The van der Waals surface area contributed by atoms with Gasteiger partial charge < -0.3 is 5.73 Å². The van der Waals surface area contributed by atoms with E-state index in [0.29, 0.717) is 0 Å². The third-order valence-electron chi connectivity index (χ3n) is 3.70. The molecule has 3 nitrogen and oxygen atoms in total. The predicted molar refractivity (Wildman–Crippen MR) is 71.2 cm³/mol. The summed E-state index contributed by atoms with van der Waals surface area (Å²) >= 11 is 1.75. The first-order valence-corrected chi connectivity index (χ1v) is 6.36. The van der Waals surface area contributed by atoms with E-state index in [1.165, 1.54) is 29.8 Å². The van der Waals surface area contributed by atoms with Crippen LogP contribution >= 0.6 is 23.7 Å². The molecular weight excluding hydrogens is 242 g/mol. The number of hydrogen-bond acceptors (Lipinski definition) is 4. The second kappa shape index (κ2) is 5.45. The van der Waals surface area contributed by atoms with Gasteiger partial charge in [-0.15, -0.1) is 23.7 Å². The van der Waals surface area contributed by atoms with E-state index < -0.39 is 0 Å². The first kappa shape index (κ1) is 13.9. The van der Waals surface area contributed by atoms with Crippen LogP contribution in [0.15, 0.2) is 5.51 Å². The second-order valence-corrected chi connectivity index (χ2v) is 5.44. The van der Waals surface area contributed by atoms with E-state index in [1.54, 1.807) is 11.3 Å². The first-order valence-electron chi connectivity index (χ1n) is 5.48. The number of halogens is 1. The standard InChI is InChI=1S/C11H19N3S.ClH/c1-9-10(15-8-13-9)6-14(2)11(7-12)4-3-5-11;/h8H,3-7,12H2,1-2H3;1H. The topological polar surface area (TPSA) is 42.2 Å². The number of thiazole rings is 1. The van der Waals surface area contributed by atoms with Crippen LogP contribution in [-0.4, -0.2) is 29.0 Å². The van der Waals surface area contributed by atoms with Gasteiger partial charge in [0.1, 0.15) is 0 Å². The SMILES string of the molecule is Cc1ncsc1CN(C)C1(CN)CCC1.Cl. The number of aryl methyl sites for hydroxylation is 1. The van der Waals surface area contributed by atoms with Crippen molar-refractivity contribution in [3.63, 3.8) is 0 Å². The molecule has 0 saturated heterocycles. The van der Waals surface area contributed by atoms with Crippen molar-refractivity contribution in [2.75, 3.05) is 13.6 Å². The smallest absolute Gasteiger partial charge is 0.0798 e. The van der Waals surface area contributed by atoms with Gasteiger partial charge >= 0.3 is 0 Å². The van der Waals surface area contributed by atoms with Gasteiger partial charge in [-0.2, -0.15) is 0 Å². The fourth-order valence-corrected chi connectivity index (χ4v) is 3.02. The van der Waals surface area contributed by atoms with E-state index >= 15 is 0 Å². The largest absolute Gasteiger partial charge is 0.329 e. The molecule has 5 heteroatoms. The quantitative estimate of drug-likeness (QED) is 0.904. The Hall–Kier alpha value is -0.160. The molecule has 1 aliphatic rings. The lowest BCUT2D eigenvalue weighted by Gasteiger charge is -2.48. The predicted octanol–water partition coefficient (Wildman–Crippen LogP) is 2.19. The summed E-state index contributed by atoms with van der Waals surface area (Å²) in [4.78, 5) is 8.07. The molecule has 2 rings (SSSR count). The molecule has 2 N–H and O–H groups in total. The zero-order valence-corrected chi connectivity index (χ0v) is 11.5. The van der Waals surface area contributed by atoms with Crippen LogP contribution in [0.2, 0.25) is 0 Å². The van der Waals surface area contributed by atoms with Crippen LogP contribution in [0.1, 0.15) is 29.8 Å². The van der Waals surface area contributed by atoms with Crippen LogP contribution in [-0.2, 0) is 6.54 Å². The molecule has 0 spiro atoms. The molecule has 16 heavy (non-hydrogen) atoms. The van der Waals surface area contributed by atoms with Crippen molar-refractivity contribution in [3.05, 3.63) is 16.1 Å². The van der Waals surface area contributed by atoms with Gasteiger partial charge in [0, 0.05) is 23.5 Å². The Bertz CT molecular complexity index is 330. The maximum atomic E-state index is 5.88. The van der Waals surface area contributed by atoms with Crippen molar-refractivity contribution in [3.8, 4) is 0 Å². The van der Waals surface area contributed by atoms with E-state index in [1.807, 2.05) is 5.51 Å². The van der Waals surface area contributed by atoms with Gasteiger partial charge in [0.05, 0.1) is 11.2 Å². The lowest BCUT2D eigenvalue weighted by molar-refractivity contribution is 0.0405. The minimum atomic E-state index is 0. The Morgan fingerprint density at radius 3 is 2.62 bits per heavy atom.